The first kappa shape index (κ1) is 17.7. The van der Waals surface area contributed by atoms with Crippen LogP contribution in [0.1, 0.15) is 19.3 Å². The Balaban J connectivity index is 1.29. The lowest BCUT2D eigenvalue weighted by atomic mass is 10.1. The van der Waals surface area contributed by atoms with Crippen LogP contribution in [0.25, 0.3) is 10.2 Å². The lowest BCUT2D eigenvalue weighted by molar-refractivity contribution is -0.122. The second-order valence-electron chi connectivity index (χ2n) is 7.02. The number of para-hydroxylation sites is 1. The molecule has 2 aliphatic rings. The maximum Gasteiger partial charge on any atom is 0.221 e. The molecule has 0 saturated carbocycles. The standard InChI is InChI=1S/C19H26N4O2S/c24-18(7-9-22-10-12-25-13-11-22)20-15-4-3-8-23(14-15)19-21-16-5-1-2-6-17(16)26-19/h1-2,5-6,15H,3-4,7-14H2,(H,20,24)/t15-/m1/s1. The van der Waals surface area contributed by atoms with Gasteiger partial charge in [0.15, 0.2) is 5.13 Å². The largest absolute Gasteiger partial charge is 0.379 e. The minimum Gasteiger partial charge on any atom is -0.379 e. The van der Waals surface area contributed by atoms with Gasteiger partial charge in [0.1, 0.15) is 0 Å². The zero-order valence-electron chi connectivity index (χ0n) is 15.0. The predicted octanol–water partition coefficient (Wildman–Crippen LogP) is 2.10. The smallest absolute Gasteiger partial charge is 0.221 e. The zero-order valence-corrected chi connectivity index (χ0v) is 15.8. The summed E-state index contributed by atoms with van der Waals surface area (Å²) in [6.45, 7) is 6.11. The number of amides is 1. The van der Waals surface area contributed by atoms with E-state index in [0.717, 1.165) is 69.4 Å². The van der Waals surface area contributed by atoms with Crippen molar-refractivity contribution in [2.24, 2.45) is 0 Å². The van der Waals surface area contributed by atoms with Crippen molar-refractivity contribution in [2.75, 3.05) is 50.8 Å². The minimum atomic E-state index is 0.160. The van der Waals surface area contributed by atoms with Crippen molar-refractivity contribution in [3.05, 3.63) is 24.3 Å². The van der Waals surface area contributed by atoms with Crippen LogP contribution in [0.5, 0.6) is 0 Å². The van der Waals surface area contributed by atoms with Crippen molar-refractivity contribution in [2.45, 2.75) is 25.3 Å². The SMILES string of the molecule is O=C(CCN1CCOCC1)N[C@@H]1CCCN(c2nc3ccccc3s2)C1. The van der Waals surface area contributed by atoms with Crippen LogP contribution in [0.4, 0.5) is 5.13 Å². The summed E-state index contributed by atoms with van der Waals surface area (Å²) >= 11 is 1.74. The molecule has 0 aliphatic carbocycles. The maximum absolute atomic E-state index is 12.3. The molecule has 1 aromatic heterocycles. The van der Waals surface area contributed by atoms with Gasteiger partial charge >= 0.3 is 0 Å². The number of carbonyl (C=O) groups excluding carboxylic acids is 1. The molecule has 140 valence electrons. The molecule has 2 fully saturated rings. The average Bonchev–Trinajstić information content (AvgIpc) is 3.12. The number of aromatic nitrogens is 1. The van der Waals surface area contributed by atoms with Gasteiger partial charge in [-0.2, -0.15) is 0 Å². The molecule has 0 spiro atoms. The van der Waals surface area contributed by atoms with Gasteiger partial charge in [-0.3, -0.25) is 9.69 Å². The number of piperidine rings is 1. The fourth-order valence-electron chi connectivity index (χ4n) is 3.65. The Morgan fingerprint density at radius 2 is 2.12 bits per heavy atom. The highest BCUT2D eigenvalue weighted by atomic mass is 32.1. The number of thiazole rings is 1. The highest BCUT2D eigenvalue weighted by Crippen LogP contribution is 2.30. The van der Waals surface area contributed by atoms with Crippen LogP contribution >= 0.6 is 11.3 Å². The summed E-state index contributed by atoms with van der Waals surface area (Å²) in [5.74, 6) is 0.160. The molecule has 0 bridgehead atoms. The van der Waals surface area contributed by atoms with E-state index in [2.05, 4.69) is 33.3 Å². The van der Waals surface area contributed by atoms with Gasteiger partial charge in [-0.05, 0) is 25.0 Å². The second-order valence-corrected chi connectivity index (χ2v) is 8.03. The Kier molecular flexibility index (Phi) is 5.67. The summed E-state index contributed by atoms with van der Waals surface area (Å²) < 4.78 is 6.57. The first-order valence-corrected chi connectivity index (χ1v) is 10.3. The van der Waals surface area contributed by atoms with Gasteiger partial charge in [-0.25, -0.2) is 4.98 Å². The molecule has 26 heavy (non-hydrogen) atoms. The molecule has 2 aliphatic heterocycles. The van der Waals surface area contributed by atoms with E-state index >= 15 is 0 Å². The predicted molar refractivity (Wildman–Crippen MR) is 105 cm³/mol. The monoisotopic (exact) mass is 374 g/mol. The molecule has 2 aromatic rings. The summed E-state index contributed by atoms with van der Waals surface area (Å²) in [5.41, 5.74) is 1.06. The Labute approximate surface area is 158 Å². The van der Waals surface area contributed by atoms with E-state index in [1.807, 2.05) is 6.07 Å². The van der Waals surface area contributed by atoms with Crippen molar-refractivity contribution in [1.29, 1.82) is 0 Å². The van der Waals surface area contributed by atoms with Crippen molar-refractivity contribution < 1.29 is 9.53 Å². The van der Waals surface area contributed by atoms with Crippen LogP contribution < -0.4 is 10.2 Å². The molecule has 4 rings (SSSR count). The van der Waals surface area contributed by atoms with Gasteiger partial charge in [0, 0.05) is 45.2 Å². The van der Waals surface area contributed by atoms with Crippen LogP contribution in [-0.2, 0) is 9.53 Å². The zero-order chi connectivity index (χ0) is 17.8. The lowest BCUT2D eigenvalue weighted by Crippen LogP contribution is -2.48. The first-order chi connectivity index (χ1) is 12.8. The third-order valence-electron chi connectivity index (χ3n) is 5.10. The number of hydrogen-bond acceptors (Lipinski definition) is 6. The molecular weight excluding hydrogens is 348 g/mol. The van der Waals surface area contributed by atoms with Gasteiger partial charge in [-0.15, -0.1) is 0 Å². The molecule has 0 radical (unpaired) electrons. The first-order valence-electron chi connectivity index (χ1n) is 9.48. The number of nitrogens with one attached hydrogen (secondary N) is 1. The molecule has 7 heteroatoms. The Morgan fingerprint density at radius 3 is 2.96 bits per heavy atom. The van der Waals surface area contributed by atoms with E-state index in [1.54, 1.807) is 11.3 Å². The highest BCUT2D eigenvalue weighted by molar-refractivity contribution is 7.22. The Hall–Kier alpha value is -1.70. The van der Waals surface area contributed by atoms with Crippen molar-refractivity contribution in [3.8, 4) is 0 Å². The Bertz CT molecular complexity index is 711. The lowest BCUT2D eigenvalue weighted by Gasteiger charge is -2.33. The van der Waals surface area contributed by atoms with Gasteiger partial charge in [0.25, 0.3) is 0 Å². The normalized spacial score (nSPS) is 21.8. The van der Waals surface area contributed by atoms with Crippen LogP contribution in [-0.4, -0.2) is 67.8 Å². The van der Waals surface area contributed by atoms with E-state index in [4.69, 9.17) is 9.72 Å². The molecule has 2 saturated heterocycles. The van der Waals surface area contributed by atoms with E-state index < -0.39 is 0 Å². The topological polar surface area (TPSA) is 57.7 Å². The molecule has 1 N–H and O–H groups in total. The number of benzene rings is 1. The molecule has 0 unspecified atom stereocenters. The fourth-order valence-corrected chi connectivity index (χ4v) is 4.65. The minimum absolute atomic E-state index is 0.160. The number of morpholine rings is 1. The van der Waals surface area contributed by atoms with Crippen LogP contribution in [0.3, 0.4) is 0 Å². The quantitative estimate of drug-likeness (QED) is 0.869. The van der Waals surface area contributed by atoms with Crippen LogP contribution in [0, 0.1) is 0 Å². The van der Waals surface area contributed by atoms with Crippen LogP contribution in [0.2, 0.25) is 0 Å². The number of ether oxygens (including phenoxy) is 1. The van der Waals surface area contributed by atoms with Gasteiger partial charge in [0.2, 0.25) is 5.91 Å². The summed E-state index contributed by atoms with van der Waals surface area (Å²) in [6, 6.07) is 8.47. The number of nitrogens with zero attached hydrogens (tertiary/aromatic N) is 3. The number of anilines is 1. The number of carbonyl (C=O) groups is 1. The summed E-state index contributed by atoms with van der Waals surface area (Å²) in [5, 5.41) is 4.30. The third kappa shape index (κ3) is 4.34. The second kappa shape index (κ2) is 8.33. The highest BCUT2D eigenvalue weighted by Gasteiger charge is 2.24. The summed E-state index contributed by atoms with van der Waals surface area (Å²) in [6.07, 6.45) is 2.70. The van der Waals surface area contributed by atoms with E-state index in [0.29, 0.717) is 6.42 Å². The van der Waals surface area contributed by atoms with Crippen LogP contribution in [0.15, 0.2) is 24.3 Å². The van der Waals surface area contributed by atoms with Gasteiger partial charge < -0.3 is 15.0 Å². The van der Waals surface area contributed by atoms with Crippen molar-refractivity contribution in [3.63, 3.8) is 0 Å². The van der Waals surface area contributed by atoms with Gasteiger partial charge in [0.05, 0.1) is 23.4 Å². The van der Waals surface area contributed by atoms with E-state index in [9.17, 15) is 4.79 Å². The van der Waals surface area contributed by atoms with E-state index in [-0.39, 0.29) is 11.9 Å². The average molecular weight is 375 g/mol. The number of fused-ring (bicyclic) bond motifs is 1. The molecular formula is C19H26N4O2S. The molecule has 1 amide bonds. The fraction of sp³-hybridized carbons (Fsp3) is 0.579. The Morgan fingerprint density at radius 1 is 1.27 bits per heavy atom. The summed E-state index contributed by atoms with van der Waals surface area (Å²) in [7, 11) is 0. The third-order valence-corrected chi connectivity index (χ3v) is 6.20. The van der Waals surface area contributed by atoms with E-state index in [1.165, 1.54) is 4.70 Å². The van der Waals surface area contributed by atoms with Gasteiger partial charge in [-0.1, -0.05) is 23.5 Å². The molecule has 1 atom stereocenters. The van der Waals surface area contributed by atoms with Crippen molar-refractivity contribution >= 4 is 32.6 Å². The van der Waals surface area contributed by atoms with Crippen molar-refractivity contribution in [1.82, 2.24) is 15.2 Å². The maximum atomic E-state index is 12.3. The molecule has 1 aromatic carbocycles. The molecule has 6 nitrogen and oxygen atoms in total. The summed E-state index contributed by atoms with van der Waals surface area (Å²) in [4.78, 5) is 21.7. The molecule has 3 heterocycles. The number of hydrogen-bond donors (Lipinski definition) is 1. The number of rotatable bonds is 5.